The van der Waals surface area contributed by atoms with E-state index < -0.39 is 0 Å². The number of likely N-dealkylation sites (N-methyl/N-ethyl adjacent to an activating group) is 1. The van der Waals surface area contributed by atoms with Crippen molar-refractivity contribution < 1.29 is 0 Å². The summed E-state index contributed by atoms with van der Waals surface area (Å²) in [6, 6.07) is 5.98. The van der Waals surface area contributed by atoms with Gasteiger partial charge in [0.05, 0.1) is 0 Å². The van der Waals surface area contributed by atoms with Crippen LogP contribution in [0.4, 0.5) is 0 Å². The standard InChI is InChI=1S/C14H25N5.HI/c1-4-19(3)12-11-18-14(15-2)17-10-8-13-7-5-6-9-16-13;/h5-7,9H,4,8,10-12H2,1-3H3,(H2,15,17,18);1H. The minimum atomic E-state index is 0. The molecule has 0 spiro atoms. The highest BCUT2D eigenvalue weighted by Gasteiger charge is 1.99. The maximum Gasteiger partial charge on any atom is 0.191 e. The number of nitrogens with zero attached hydrogens (tertiary/aromatic N) is 3. The van der Waals surface area contributed by atoms with E-state index in [-0.39, 0.29) is 24.0 Å². The van der Waals surface area contributed by atoms with Crippen molar-refractivity contribution in [1.82, 2.24) is 20.5 Å². The van der Waals surface area contributed by atoms with Crippen LogP contribution in [0, 0.1) is 0 Å². The number of aromatic nitrogens is 1. The summed E-state index contributed by atoms with van der Waals surface area (Å²) < 4.78 is 0. The quantitative estimate of drug-likeness (QED) is 0.419. The molecule has 1 aromatic heterocycles. The van der Waals surface area contributed by atoms with Gasteiger partial charge in [-0.05, 0) is 25.7 Å². The predicted molar refractivity (Wildman–Crippen MR) is 95.9 cm³/mol. The summed E-state index contributed by atoms with van der Waals surface area (Å²) in [5, 5.41) is 6.59. The highest BCUT2D eigenvalue weighted by atomic mass is 127. The Bertz CT molecular complexity index is 369. The van der Waals surface area contributed by atoms with Crippen LogP contribution < -0.4 is 10.6 Å². The maximum absolute atomic E-state index is 4.29. The lowest BCUT2D eigenvalue weighted by atomic mass is 10.3. The molecule has 6 heteroatoms. The predicted octanol–water partition coefficient (Wildman–Crippen LogP) is 1.36. The summed E-state index contributed by atoms with van der Waals surface area (Å²) in [6.07, 6.45) is 2.72. The van der Waals surface area contributed by atoms with Crippen molar-refractivity contribution in [2.45, 2.75) is 13.3 Å². The van der Waals surface area contributed by atoms with E-state index in [4.69, 9.17) is 0 Å². The lowest BCUT2D eigenvalue weighted by molar-refractivity contribution is 0.357. The Hall–Kier alpha value is -0.890. The summed E-state index contributed by atoms with van der Waals surface area (Å²) in [7, 11) is 3.90. The molecule has 1 aromatic rings. The second-order valence-corrected chi connectivity index (χ2v) is 4.39. The van der Waals surface area contributed by atoms with Gasteiger partial charge >= 0.3 is 0 Å². The number of nitrogens with one attached hydrogen (secondary N) is 2. The smallest absolute Gasteiger partial charge is 0.191 e. The van der Waals surface area contributed by atoms with E-state index in [0.717, 1.165) is 44.3 Å². The minimum absolute atomic E-state index is 0. The average molecular weight is 391 g/mol. The van der Waals surface area contributed by atoms with Gasteiger partial charge in [0.15, 0.2) is 5.96 Å². The number of halogens is 1. The van der Waals surface area contributed by atoms with Gasteiger partial charge in [-0.15, -0.1) is 24.0 Å². The third-order valence-corrected chi connectivity index (χ3v) is 2.95. The molecule has 0 saturated carbocycles. The normalized spacial score (nSPS) is 11.1. The summed E-state index contributed by atoms with van der Waals surface area (Å²) >= 11 is 0. The van der Waals surface area contributed by atoms with E-state index in [1.807, 2.05) is 24.4 Å². The Morgan fingerprint density at radius 3 is 2.65 bits per heavy atom. The van der Waals surface area contributed by atoms with E-state index in [1.165, 1.54) is 0 Å². The average Bonchev–Trinajstić information content (AvgIpc) is 2.46. The van der Waals surface area contributed by atoms with Crippen LogP contribution in [0.1, 0.15) is 12.6 Å². The molecule has 0 aromatic carbocycles. The Labute approximate surface area is 139 Å². The molecule has 0 aliphatic carbocycles. The van der Waals surface area contributed by atoms with Gasteiger partial charge in [-0.25, -0.2) is 0 Å². The Balaban J connectivity index is 0.00000361. The van der Waals surface area contributed by atoms with Crippen molar-refractivity contribution in [2.75, 3.05) is 40.3 Å². The van der Waals surface area contributed by atoms with Crippen LogP contribution in [0.2, 0.25) is 0 Å². The SMILES string of the molecule is CCN(C)CCNC(=NC)NCCc1ccccn1.I. The fourth-order valence-corrected chi connectivity index (χ4v) is 1.60. The fourth-order valence-electron chi connectivity index (χ4n) is 1.60. The van der Waals surface area contributed by atoms with Gasteiger partial charge in [0.2, 0.25) is 0 Å². The van der Waals surface area contributed by atoms with Crippen LogP contribution in [0.5, 0.6) is 0 Å². The van der Waals surface area contributed by atoms with Gasteiger partial charge in [0.25, 0.3) is 0 Å². The van der Waals surface area contributed by atoms with E-state index in [0.29, 0.717) is 0 Å². The minimum Gasteiger partial charge on any atom is -0.356 e. The molecule has 0 saturated heterocycles. The summed E-state index contributed by atoms with van der Waals surface area (Å²) in [4.78, 5) is 10.7. The van der Waals surface area contributed by atoms with Crippen LogP contribution >= 0.6 is 24.0 Å². The van der Waals surface area contributed by atoms with Crippen molar-refractivity contribution in [3.63, 3.8) is 0 Å². The van der Waals surface area contributed by atoms with Crippen LogP contribution in [0.15, 0.2) is 29.4 Å². The van der Waals surface area contributed by atoms with Crippen LogP contribution in [0.3, 0.4) is 0 Å². The van der Waals surface area contributed by atoms with Crippen molar-refractivity contribution >= 4 is 29.9 Å². The number of pyridine rings is 1. The zero-order chi connectivity index (χ0) is 13.9. The first-order valence-electron chi connectivity index (χ1n) is 6.79. The van der Waals surface area contributed by atoms with Crippen molar-refractivity contribution in [2.24, 2.45) is 4.99 Å². The topological polar surface area (TPSA) is 52.5 Å². The Kier molecular flexibility index (Phi) is 11.4. The van der Waals surface area contributed by atoms with E-state index >= 15 is 0 Å². The van der Waals surface area contributed by atoms with Gasteiger partial charge in [-0.1, -0.05) is 13.0 Å². The molecular formula is C14H26IN5. The summed E-state index contributed by atoms with van der Waals surface area (Å²) in [6.45, 7) is 5.96. The molecule has 1 heterocycles. The highest BCUT2D eigenvalue weighted by Crippen LogP contribution is 1.92. The molecule has 0 bridgehead atoms. The molecular weight excluding hydrogens is 365 g/mol. The lowest BCUT2D eigenvalue weighted by Crippen LogP contribution is -2.41. The lowest BCUT2D eigenvalue weighted by Gasteiger charge is -2.16. The molecule has 0 atom stereocenters. The van der Waals surface area contributed by atoms with Gasteiger partial charge < -0.3 is 15.5 Å². The molecule has 0 amide bonds. The number of hydrogen-bond acceptors (Lipinski definition) is 3. The van der Waals surface area contributed by atoms with Crippen molar-refractivity contribution in [3.8, 4) is 0 Å². The molecule has 0 radical (unpaired) electrons. The molecule has 0 unspecified atom stereocenters. The van der Waals surface area contributed by atoms with Gasteiger partial charge in [-0.2, -0.15) is 0 Å². The van der Waals surface area contributed by atoms with E-state index in [1.54, 1.807) is 7.05 Å². The first-order chi connectivity index (χ1) is 9.26. The fraction of sp³-hybridized carbons (Fsp3) is 0.571. The zero-order valence-corrected chi connectivity index (χ0v) is 14.9. The summed E-state index contributed by atoms with van der Waals surface area (Å²) in [5.74, 6) is 0.848. The molecule has 5 nitrogen and oxygen atoms in total. The number of hydrogen-bond donors (Lipinski definition) is 2. The van der Waals surface area contributed by atoms with Crippen LogP contribution in [-0.4, -0.2) is 56.1 Å². The first-order valence-corrected chi connectivity index (χ1v) is 6.79. The molecule has 1 rings (SSSR count). The molecule has 0 fully saturated rings. The molecule has 20 heavy (non-hydrogen) atoms. The largest absolute Gasteiger partial charge is 0.356 e. The summed E-state index contributed by atoms with van der Waals surface area (Å²) in [5.41, 5.74) is 1.09. The zero-order valence-electron chi connectivity index (χ0n) is 12.6. The maximum atomic E-state index is 4.29. The van der Waals surface area contributed by atoms with Gasteiger partial charge in [0.1, 0.15) is 0 Å². The van der Waals surface area contributed by atoms with Crippen LogP contribution in [0.25, 0.3) is 0 Å². The Morgan fingerprint density at radius 2 is 2.05 bits per heavy atom. The second-order valence-electron chi connectivity index (χ2n) is 4.39. The van der Waals surface area contributed by atoms with Crippen LogP contribution in [-0.2, 0) is 6.42 Å². The molecule has 0 aliphatic rings. The van der Waals surface area contributed by atoms with Crippen molar-refractivity contribution in [1.29, 1.82) is 0 Å². The third-order valence-electron chi connectivity index (χ3n) is 2.95. The second kappa shape index (κ2) is 11.9. The Morgan fingerprint density at radius 1 is 1.30 bits per heavy atom. The molecule has 0 aliphatic heterocycles. The van der Waals surface area contributed by atoms with Gasteiger partial charge in [-0.3, -0.25) is 9.98 Å². The monoisotopic (exact) mass is 391 g/mol. The number of aliphatic imine (C=N–C) groups is 1. The molecule has 114 valence electrons. The third kappa shape index (κ3) is 8.31. The van der Waals surface area contributed by atoms with Gasteiger partial charge in [0, 0.05) is 45.0 Å². The van der Waals surface area contributed by atoms with Crippen molar-refractivity contribution in [3.05, 3.63) is 30.1 Å². The molecule has 2 N–H and O–H groups in total. The number of rotatable bonds is 7. The highest BCUT2D eigenvalue weighted by molar-refractivity contribution is 14.0. The first kappa shape index (κ1) is 19.1. The van der Waals surface area contributed by atoms with E-state index in [9.17, 15) is 0 Å². The number of guanidine groups is 1. The van der Waals surface area contributed by atoms with E-state index in [2.05, 4.69) is 39.5 Å².